The van der Waals surface area contributed by atoms with Crippen molar-refractivity contribution in [3.63, 3.8) is 0 Å². The van der Waals surface area contributed by atoms with Crippen LogP contribution in [0.2, 0.25) is 5.02 Å². The molecule has 3 aromatic carbocycles. The molecule has 1 aliphatic rings. The van der Waals surface area contributed by atoms with Crippen LogP contribution < -0.4 is 4.74 Å². The van der Waals surface area contributed by atoms with Crippen molar-refractivity contribution in [2.75, 3.05) is 0 Å². The summed E-state index contributed by atoms with van der Waals surface area (Å²) in [6, 6.07) is 19.5. The van der Waals surface area contributed by atoms with Crippen LogP contribution in [0, 0.1) is 11.7 Å². The lowest BCUT2D eigenvalue weighted by Crippen LogP contribution is -2.34. The van der Waals surface area contributed by atoms with Gasteiger partial charge in [-0.3, -0.25) is 0 Å². The molecule has 4 rings (SSSR count). The van der Waals surface area contributed by atoms with Gasteiger partial charge < -0.3 is 14.6 Å². The summed E-state index contributed by atoms with van der Waals surface area (Å²) in [6.45, 7) is 0. The summed E-state index contributed by atoms with van der Waals surface area (Å²) in [7, 11) is 0. The van der Waals surface area contributed by atoms with Crippen LogP contribution in [0.25, 0.3) is 0 Å². The standard InChI is InChI=1S/C26H23ClF2O4/c27-19-11-9-18(10-12-19)25(17-7-8-17)33-26(31)24(29)22(30)14-16-6-13-21(28)23(15-16)32-20-4-2-1-3-5-20/h1-6,9-13,15,17,22,24-25,30H,7-8,14H2. The SMILES string of the molecule is O=C(OC(c1ccc(Cl)cc1)C1CC1)C(F)C(O)Cc1ccc(F)c(Oc2ccccc2)c1. The van der Waals surface area contributed by atoms with Crippen molar-refractivity contribution in [3.05, 3.63) is 94.8 Å². The lowest BCUT2D eigenvalue weighted by atomic mass is 10.0. The molecule has 0 aliphatic heterocycles. The quantitative estimate of drug-likeness (QED) is 0.376. The molecular weight excluding hydrogens is 450 g/mol. The van der Waals surface area contributed by atoms with Crippen molar-refractivity contribution in [3.8, 4) is 11.5 Å². The second kappa shape index (κ2) is 10.3. The average molecular weight is 473 g/mol. The van der Waals surface area contributed by atoms with Gasteiger partial charge in [-0.15, -0.1) is 0 Å². The fourth-order valence-electron chi connectivity index (χ4n) is 3.55. The molecule has 0 bridgehead atoms. The Morgan fingerprint density at radius 3 is 2.42 bits per heavy atom. The van der Waals surface area contributed by atoms with E-state index in [4.69, 9.17) is 21.1 Å². The number of ether oxygens (including phenoxy) is 2. The number of esters is 1. The minimum atomic E-state index is -2.25. The number of halogens is 3. The van der Waals surface area contributed by atoms with E-state index in [-0.39, 0.29) is 18.1 Å². The molecule has 1 saturated carbocycles. The van der Waals surface area contributed by atoms with Crippen molar-refractivity contribution in [1.29, 1.82) is 0 Å². The molecule has 0 amide bonds. The Morgan fingerprint density at radius 2 is 1.76 bits per heavy atom. The van der Waals surface area contributed by atoms with Gasteiger partial charge >= 0.3 is 5.97 Å². The number of rotatable bonds is 9. The van der Waals surface area contributed by atoms with E-state index in [2.05, 4.69) is 0 Å². The molecular formula is C26H23ClF2O4. The lowest BCUT2D eigenvalue weighted by molar-refractivity contribution is -0.161. The topological polar surface area (TPSA) is 55.8 Å². The molecule has 3 aromatic rings. The van der Waals surface area contributed by atoms with Gasteiger partial charge in [0.2, 0.25) is 6.17 Å². The van der Waals surface area contributed by atoms with Crippen LogP contribution in [-0.2, 0) is 16.0 Å². The first-order chi connectivity index (χ1) is 15.9. The molecule has 33 heavy (non-hydrogen) atoms. The minimum absolute atomic E-state index is 0.0552. The maximum Gasteiger partial charge on any atom is 0.344 e. The third kappa shape index (κ3) is 6.09. The first-order valence-corrected chi connectivity index (χ1v) is 11.1. The number of alkyl halides is 1. The third-order valence-corrected chi connectivity index (χ3v) is 5.72. The zero-order chi connectivity index (χ0) is 23.4. The second-order valence-corrected chi connectivity index (χ2v) is 8.54. The molecule has 172 valence electrons. The number of carbonyl (C=O) groups is 1. The van der Waals surface area contributed by atoms with E-state index in [1.54, 1.807) is 54.6 Å². The van der Waals surface area contributed by atoms with E-state index in [0.717, 1.165) is 18.4 Å². The highest BCUT2D eigenvalue weighted by Gasteiger charge is 2.38. The molecule has 0 aromatic heterocycles. The van der Waals surface area contributed by atoms with Crippen LogP contribution in [0.4, 0.5) is 8.78 Å². The first kappa shape index (κ1) is 23.2. The Bertz CT molecular complexity index is 1090. The van der Waals surface area contributed by atoms with E-state index < -0.39 is 30.2 Å². The van der Waals surface area contributed by atoms with E-state index in [1.807, 2.05) is 0 Å². The molecule has 4 nitrogen and oxygen atoms in total. The number of aliphatic hydroxyl groups is 1. The van der Waals surface area contributed by atoms with Crippen LogP contribution in [0.15, 0.2) is 72.8 Å². The van der Waals surface area contributed by atoms with Gasteiger partial charge in [-0.25, -0.2) is 13.6 Å². The van der Waals surface area contributed by atoms with Gasteiger partial charge in [0.15, 0.2) is 11.6 Å². The van der Waals surface area contributed by atoms with Crippen molar-refractivity contribution in [2.24, 2.45) is 5.92 Å². The summed E-state index contributed by atoms with van der Waals surface area (Å²) in [5.74, 6) is -1.22. The Balaban J connectivity index is 1.40. The predicted molar refractivity (Wildman–Crippen MR) is 121 cm³/mol. The first-order valence-electron chi connectivity index (χ1n) is 10.7. The summed E-state index contributed by atoms with van der Waals surface area (Å²) in [5, 5.41) is 10.9. The molecule has 7 heteroatoms. The van der Waals surface area contributed by atoms with Crippen LogP contribution in [-0.4, -0.2) is 23.4 Å². The molecule has 0 heterocycles. The zero-order valence-electron chi connectivity index (χ0n) is 17.7. The molecule has 3 atom stereocenters. The third-order valence-electron chi connectivity index (χ3n) is 5.47. The van der Waals surface area contributed by atoms with Gasteiger partial charge in [0.25, 0.3) is 0 Å². The highest BCUT2D eigenvalue weighted by atomic mass is 35.5. The highest BCUT2D eigenvalue weighted by Crippen LogP contribution is 2.43. The van der Waals surface area contributed by atoms with Gasteiger partial charge in [0.05, 0.1) is 0 Å². The Kier molecular flexibility index (Phi) is 7.26. The van der Waals surface area contributed by atoms with Crippen molar-refractivity contribution < 1.29 is 28.2 Å². The van der Waals surface area contributed by atoms with Crippen LogP contribution in [0.3, 0.4) is 0 Å². The van der Waals surface area contributed by atoms with E-state index in [1.165, 1.54) is 18.2 Å². The molecule has 3 unspecified atom stereocenters. The Morgan fingerprint density at radius 1 is 1.06 bits per heavy atom. The summed E-state index contributed by atoms with van der Waals surface area (Å²) in [4.78, 5) is 12.5. The largest absolute Gasteiger partial charge is 0.455 e. The number of hydrogen-bond donors (Lipinski definition) is 1. The fraction of sp³-hybridized carbons (Fsp3) is 0.269. The van der Waals surface area contributed by atoms with Crippen LogP contribution in [0.1, 0.15) is 30.1 Å². The van der Waals surface area contributed by atoms with Gasteiger partial charge in [-0.1, -0.05) is 48.0 Å². The normalized spacial score (nSPS) is 16.0. The Hall–Kier alpha value is -2.96. The number of carbonyl (C=O) groups excluding carboxylic acids is 1. The van der Waals surface area contributed by atoms with Crippen molar-refractivity contribution in [2.45, 2.75) is 37.6 Å². The molecule has 1 fully saturated rings. The van der Waals surface area contributed by atoms with Gasteiger partial charge in [-0.2, -0.15) is 0 Å². The number of hydrogen-bond acceptors (Lipinski definition) is 4. The molecule has 0 saturated heterocycles. The van der Waals surface area contributed by atoms with Crippen molar-refractivity contribution >= 4 is 17.6 Å². The van der Waals surface area contributed by atoms with E-state index >= 15 is 0 Å². The molecule has 0 spiro atoms. The van der Waals surface area contributed by atoms with Crippen LogP contribution in [0.5, 0.6) is 11.5 Å². The Labute approximate surface area is 195 Å². The van der Waals surface area contributed by atoms with Gasteiger partial charge in [0, 0.05) is 17.4 Å². The maximum atomic E-state index is 14.8. The zero-order valence-corrected chi connectivity index (χ0v) is 18.4. The minimum Gasteiger partial charge on any atom is -0.455 e. The molecule has 0 radical (unpaired) electrons. The smallest absolute Gasteiger partial charge is 0.344 e. The number of aliphatic hydroxyl groups excluding tert-OH is 1. The molecule has 1 N–H and O–H groups in total. The summed E-state index contributed by atoms with van der Waals surface area (Å²) in [5.41, 5.74) is 1.15. The summed E-state index contributed by atoms with van der Waals surface area (Å²) in [6.07, 6.45) is -2.95. The predicted octanol–water partition coefficient (Wildman–Crippen LogP) is 6.21. The van der Waals surface area contributed by atoms with Crippen molar-refractivity contribution in [1.82, 2.24) is 0 Å². The van der Waals surface area contributed by atoms with Gasteiger partial charge in [-0.05, 0) is 60.4 Å². The monoisotopic (exact) mass is 472 g/mol. The maximum absolute atomic E-state index is 14.8. The summed E-state index contributed by atoms with van der Waals surface area (Å²) < 4.78 is 39.9. The average Bonchev–Trinajstić information content (AvgIpc) is 3.66. The van der Waals surface area contributed by atoms with E-state index in [9.17, 15) is 18.7 Å². The van der Waals surface area contributed by atoms with E-state index in [0.29, 0.717) is 16.3 Å². The van der Waals surface area contributed by atoms with Crippen LogP contribution >= 0.6 is 11.6 Å². The molecule has 1 aliphatic carbocycles. The number of benzene rings is 3. The lowest BCUT2D eigenvalue weighted by Gasteiger charge is -2.21. The summed E-state index contributed by atoms with van der Waals surface area (Å²) >= 11 is 5.92. The fourth-order valence-corrected chi connectivity index (χ4v) is 3.67. The number of para-hydroxylation sites is 1. The second-order valence-electron chi connectivity index (χ2n) is 8.10. The van der Waals surface area contributed by atoms with Gasteiger partial charge in [0.1, 0.15) is 18.0 Å². The highest BCUT2D eigenvalue weighted by molar-refractivity contribution is 6.30.